The van der Waals surface area contributed by atoms with Crippen molar-refractivity contribution in [1.82, 2.24) is 9.21 Å². The highest BCUT2D eigenvalue weighted by molar-refractivity contribution is 7.89. The summed E-state index contributed by atoms with van der Waals surface area (Å²) >= 11 is 1.60. The first-order chi connectivity index (χ1) is 15.3. The Morgan fingerprint density at radius 3 is 2.56 bits per heavy atom. The maximum Gasteiger partial charge on any atom is 0.243 e. The first-order valence-corrected chi connectivity index (χ1v) is 13.0. The Kier molecular flexibility index (Phi) is 7.24. The van der Waals surface area contributed by atoms with Gasteiger partial charge in [-0.2, -0.15) is 4.31 Å². The fraction of sp³-hybridized carbons (Fsp3) is 0.500. The quantitative estimate of drug-likeness (QED) is 0.602. The number of hydrogen-bond donors (Lipinski definition) is 0. The van der Waals surface area contributed by atoms with Crippen LogP contribution >= 0.6 is 11.3 Å². The molecule has 1 unspecified atom stereocenters. The number of piperidine rings is 1. The fourth-order valence-corrected chi connectivity index (χ4v) is 6.45. The lowest BCUT2D eigenvalue weighted by molar-refractivity contribution is -0.139. The number of halogens is 2. The topological polar surface area (TPSA) is 66.9 Å². The Hall–Kier alpha value is -1.88. The number of nitrogens with zero attached hydrogens (tertiary/aromatic N) is 2. The van der Waals surface area contributed by atoms with E-state index in [2.05, 4.69) is 0 Å². The van der Waals surface area contributed by atoms with Gasteiger partial charge in [0.1, 0.15) is 0 Å². The van der Waals surface area contributed by atoms with Crippen LogP contribution in [0.5, 0.6) is 0 Å². The van der Waals surface area contributed by atoms with E-state index in [1.54, 1.807) is 11.3 Å². The molecule has 10 heteroatoms. The van der Waals surface area contributed by atoms with Crippen molar-refractivity contribution in [2.45, 2.75) is 43.2 Å². The average Bonchev–Trinajstić information content (AvgIpc) is 3.49. The summed E-state index contributed by atoms with van der Waals surface area (Å²) < 4.78 is 59.4. The fourth-order valence-electron chi connectivity index (χ4n) is 4.24. The SMILES string of the molecule is O=C(C1CCN(S(=O)(=O)c2ccc(F)c(F)c2)CC1)N(Cc1cccs1)CC1CCCO1. The molecule has 1 amide bonds. The van der Waals surface area contributed by atoms with Gasteiger partial charge < -0.3 is 9.64 Å². The lowest BCUT2D eigenvalue weighted by Crippen LogP contribution is -2.45. The van der Waals surface area contributed by atoms with Crippen molar-refractivity contribution in [2.24, 2.45) is 5.92 Å². The minimum absolute atomic E-state index is 0.0128. The number of thiophene rings is 1. The molecule has 3 heterocycles. The molecule has 4 rings (SSSR count). The van der Waals surface area contributed by atoms with Gasteiger partial charge in [0.05, 0.1) is 17.5 Å². The Morgan fingerprint density at radius 2 is 1.94 bits per heavy atom. The highest BCUT2D eigenvalue weighted by Crippen LogP contribution is 2.27. The molecule has 2 fully saturated rings. The molecule has 0 N–H and O–H groups in total. The van der Waals surface area contributed by atoms with Gasteiger partial charge >= 0.3 is 0 Å². The van der Waals surface area contributed by atoms with E-state index in [1.807, 2.05) is 22.4 Å². The van der Waals surface area contributed by atoms with Gasteiger partial charge in [-0.25, -0.2) is 17.2 Å². The van der Waals surface area contributed by atoms with Gasteiger partial charge in [-0.05, 0) is 55.3 Å². The van der Waals surface area contributed by atoms with Crippen molar-refractivity contribution in [3.05, 3.63) is 52.2 Å². The smallest absolute Gasteiger partial charge is 0.243 e. The minimum Gasteiger partial charge on any atom is -0.376 e. The van der Waals surface area contributed by atoms with Crippen molar-refractivity contribution in [2.75, 3.05) is 26.2 Å². The minimum atomic E-state index is -3.95. The first kappa shape index (κ1) is 23.3. The molecule has 0 aliphatic carbocycles. The van der Waals surface area contributed by atoms with E-state index in [1.165, 1.54) is 4.31 Å². The van der Waals surface area contributed by atoms with E-state index < -0.39 is 21.7 Å². The average molecular weight is 485 g/mol. The van der Waals surface area contributed by atoms with Crippen LogP contribution in [0.4, 0.5) is 8.78 Å². The number of hydrogen-bond acceptors (Lipinski definition) is 5. The van der Waals surface area contributed by atoms with Crippen LogP contribution in [0.25, 0.3) is 0 Å². The molecular formula is C22H26F2N2O4S2. The number of carbonyl (C=O) groups is 1. The van der Waals surface area contributed by atoms with Gasteiger partial charge in [0, 0.05) is 37.0 Å². The van der Waals surface area contributed by atoms with Crippen molar-refractivity contribution in [3.8, 4) is 0 Å². The summed E-state index contributed by atoms with van der Waals surface area (Å²) in [5, 5.41) is 1.98. The summed E-state index contributed by atoms with van der Waals surface area (Å²) in [4.78, 5) is 16.0. The van der Waals surface area contributed by atoms with Crippen LogP contribution in [0.2, 0.25) is 0 Å². The Bertz CT molecular complexity index is 1030. The van der Waals surface area contributed by atoms with Gasteiger partial charge in [-0.15, -0.1) is 11.3 Å². The molecule has 1 atom stereocenters. The van der Waals surface area contributed by atoms with Gasteiger partial charge in [0.15, 0.2) is 11.6 Å². The number of rotatable bonds is 7. The predicted molar refractivity (Wildman–Crippen MR) is 117 cm³/mol. The molecule has 0 radical (unpaired) electrons. The number of sulfonamides is 1. The molecule has 0 spiro atoms. The second kappa shape index (κ2) is 9.94. The van der Waals surface area contributed by atoms with Crippen LogP contribution in [-0.2, 0) is 26.1 Å². The van der Waals surface area contributed by atoms with E-state index >= 15 is 0 Å². The van der Waals surface area contributed by atoms with Crippen LogP contribution in [0, 0.1) is 17.6 Å². The predicted octanol–water partition coefficient (Wildman–Crippen LogP) is 3.63. The highest BCUT2D eigenvalue weighted by atomic mass is 32.2. The normalized spacial score (nSPS) is 20.5. The number of benzene rings is 1. The van der Waals surface area contributed by atoms with Crippen LogP contribution < -0.4 is 0 Å². The maximum absolute atomic E-state index is 13.5. The van der Waals surface area contributed by atoms with Gasteiger partial charge in [0.25, 0.3) is 0 Å². The molecule has 1 aromatic carbocycles. The zero-order valence-corrected chi connectivity index (χ0v) is 19.2. The maximum atomic E-state index is 13.5. The second-order valence-corrected chi connectivity index (χ2v) is 11.2. The Labute approximate surface area is 190 Å². The van der Waals surface area contributed by atoms with Crippen molar-refractivity contribution in [1.29, 1.82) is 0 Å². The number of carbonyl (C=O) groups excluding carboxylic acids is 1. The molecule has 1 aromatic heterocycles. The third-order valence-electron chi connectivity index (χ3n) is 6.02. The zero-order chi connectivity index (χ0) is 22.7. The van der Waals surface area contributed by atoms with Crippen molar-refractivity contribution in [3.63, 3.8) is 0 Å². The van der Waals surface area contributed by atoms with Gasteiger partial charge in [-0.3, -0.25) is 4.79 Å². The molecule has 2 aromatic rings. The summed E-state index contributed by atoms with van der Waals surface area (Å²) in [6.07, 6.45) is 2.72. The van der Waals surface area contributed by atoms with E-state index in [-0.39, 0.29) is 35.9 Å². The molecule has 2 saturated heterocycles. The molecule has 0 saturated carbocycles. The third-order valence-corrected chi connectivity index (χ3v) is 8.77. The zero-order valence-electron chi connectivity index (χ0n) is 17.6. The van der Waals surface area contributed by atoms with E-state index in [0.717, 1.165) is 29.9 Å². The largest absolute Gasteiger partial charge is 0.376 e. The number of ether oxygens (including phenoxy) is 1. The standard InChI is InChI=1S/C22H26F2N2O4S2/c23-20-6-5-19(13-21(20)24)32(28,29)26-9-7-16(8-10-26)22(27)25(14-17-3-1-11-30-17)15-18-4-2-12-31-18/h2,4-6,12-13,16-17H,1,3,7-11,14-15H2. The van der Waals surface area contributed by atoms with E-state index in [9.17, 15) is 22.0 Å². The van der Waals surface area contributed by atoms with Crippen molar-refractivity contribution < 1.29 is 26.7 Å². The van der Waals surface area contributed by atoms with E-state index in [4.69, 9.17) is 4.74 Å². The Balaban J connectivity index is 1.41. The van der Waals surface area contributed by atoms with Crippen LogP contribution in [0.3, 0.4) is 0 Å². The lowest BCUT2D eigenvalue weighted by Gasteiger charge is -2.34. The lowest BCUT2D eigenvalue weighted by atomic mass is 9.96. The second-order valence-electron chi connectivity index (χ2n) is 8.19. The molecule has 174 valence electrons. The van der Waals surface area contributed by atoms with Crippen molar-refractivity contribution >= 4 is 27.3 Å². The molecule has 32 heavy (non-hydrogen) atoms. The van der Waals surface area contributed by atoms with Crippen LogP contribution in [0.1, 0.15) is 30.6 Å². The third kappa shape index (κ3) is 5.19. The van der Waals surface area contributed by atoms with Gasteiger partial charge in [-0.1, -0.05) is 6.07 Å². The van der Waals surface area contributed by atoms with Crippen LogP contribution in [-0.4, -0.2) is 55.9 Å². The summed E-state index contributed by atoms with van der Waals surface area (Å²) in [5.41, 5.74) is 0. The van der Waals surface area contributed by atoms with E-state index in [0.29, 0.717) is 38.6 Å². The summed E-state index contributed by atoms with van der Waals surface area (Å²) in [6, 6.07) is 6.53. The first-order valence-electron chi connectivity index (χ1n) is 10.7. The Morgan fingerprint density at radius 1 is 1.16 bits per heavy atom. The highest BCUT2D eigenvalue weighted by Gasteiger charge is 2.35. The molecule has 0 bridgehead atoms. The summed E-state index contributed by atoms with van der Waals surface area (Å²) in [7, 11) is -3.95. The molecular weight excluding hydrogens is 458 g/mol. The molecule has 2 aliphatic heterocycles. The number of amides is 1. The van der Waals surface area contributed by atoms with Crippen LogP contribution in [0.15, 0.2) is 40.6 Å². The monoisotopic (exact) mass is 484 g/mol. The summed E-state index contributed by atoms with van der Waals surface area (Å²) in [6.45, 7) is 2.08. The molecule has 2 aliphatic rings. The molecule has 6 nitrogen and oxygen atoms in total. The van der Waals surface area contributed by atoms with Gasteiger partial charge in [0.2, 0.25) is 15.9 Å². The summed E-state index contributed by atoms with van der Waals surface area (Å²) in [5.74, 6) is -2.56.